The number of carbonyl (C=O) groups excluding carboxylic acids is 2. The van der Waals surface area contributed by atoms with Crippen molar-refractivity contribution in [3.8, 4) is 0 Å². The van der Waals surface area contributed by atoms with Gasteiger partial charge in [-0.2, -0.15) is 0 Å². The highest BCUT2D eigenvalue weighted by molar-refractivity contribution is 5.86. The van der Waals surface area contributed by atoms with Crippen LogP contribution in [0.1, 0.15) is 53.9 Å². The molecule has 0 N–H and O–H groups in total. The fourth-order valence-corrected chi connectivity index (χ4v) is 4.46. The number of hydrogen-bond donors (Lipinski definition) is 0. The van der Waals surface area contributed by atoms with Gasteiger partial charge in [-0.1, -0.05) is 40.2 Å². The number of ketones is 1. The summed E-state index contributed by atoms with van der Waals surface area (Å²) in [5.74, 6) is -0.665. The molecule has 2 heterocycles. The molecule has 0 spiro atoms. The van der Waals surface area contributed by atoms with E-state index in [4.69, 9.17) is 14.2 Å². The molecule has 1 saturated carbocycles. The Kier molecular flexibility index (Phi) is 4.97. The SMILES string of the molecule is CC(C)[C@@H]1CC[C@@H](C)C[C@H]1OC(=O)O[C@]12C=C[C@@H](O1)[C@@H](C)C(=O)[C@H]2C. The van der Waals surface area contributed by atoms with Crippen LogP contribution in [0.15, 0.2) is 12.2 Å². The average molecular weight is 350 g/mol. The number of hydrogen-bond acceptors (Lipinski definition) is 5. The zero-order valence-corrected chi connectivity index (χ0v) is 15.9. The first kappa shape index (κ1) is 18.4. The Labute approximate surface area is 150 Å². The van der Waals surface area contributed by atoms with Crippen molar-refractivity contribution in [2.45, 2.75) is 71.9 Å². The summed E-state index contributed by atoms with van der Waals surface area (Å²) >= 11 is 0. The summed E-state index contributed by atoms with van der Waals surface area (Å²) in [5, 5.41) is 0. The Balaban J connectivity index is 1.68. The minimum atomic E-state index is -1.31. The topological polar surface area (TPSA) is 61.8 Å². The lowest BCUT2D eigenvalue weighted by Gasteiger charge is -2.40. The molecule has 1 aliphatic carbocycles. The highest BCUT2D eigenvalue weighted by Crippen LogP contribution is 2.43. The van der Waals surface area contributed by atoms with Gasteiger partial charge in [-0.3, -0.25) is 4.79 Å². The monoisotopic (exact) mass is 350 g/mol. The van der Waals surface area contributed by atoms with Crippen molar-refractivity contribution >= 4 is 11.9 Å². The quantitative estimate of drug-likeness (QED) is 0.566. The van der Waals surface area contributed by atoms with E-state index < -0.39 is 17.9 Å². The van der Waals surface area contributed by atoms with Crippen molar-refractivity contribution in [2.24, 2.45) is 29.6 Å². The maximum atomic E-state index is 12.5. The van der Waals surface area contributed by atoms with Crippen molar-refractivity contribution in [3.63, 3.8) is 0 Å². The van der Waals surface area contributed by atoms with Crippen LogP contribution < -0.4 is 0 Å². The first-order chi connectivity index (χ1) is 11.7. The van der Waals surface area contributed by atoms with Gasteiger partial charge in [0.05, 0.1) is 12.0 Å². The zero-order chi connectivity index (χ0) is 18.4. The van der Waals surface area contributed by atoms with Gasteiger partial charge in [-0.15, -0.1) is 0 Å². The fraction of sp³-hybridized carbons (Fsp3) is 0.800. The maximum Gasteiger partial charge on any atom is 0.511 e. The van der Waals surface area contributed by atoms with Crippen LogP contribution in [0.3, 0.4) is 0 Å². The Morgan fingerprint density at radius 1 is 1.28 bits per heavy atom. The minimum absolute atomic E-state index is 0.0559. The molecule has 3 rings (SSSR count). The largest absolute Gasteiger partial charge is 0.511 e. The molecule has 3 aliphatic rings. The fourth-order valence-electron chi connectivity index (χ4n) is 4.46. The lowest BCUT2D eigenvalue weighted by atomic mass is 9.75. The first-order valence-electron chi connectivity index (χ1n) is 9.54. The Morgan fingerprint density at radius 2 is 2.00 bits per heavy atom. The van der Waals surface area contributed by atoms with Crippen molar-refractivity contribution in [1.82, 2.24) is 0 Å². The van der Waals surface area contributed by atoms with E-state index in [1.54, 1.807) is 13.0 Å². The van der Waals surface area contributed by atoms with Crippen LogP contribution in [0.2, 0.25) is 0 Å². The molecule has 1 saturated heterocycles. The zero-order valence-electron chi connectivity index (χ0n) is 15.9. The van der Waals surface area contributed by atoms with E-state index in [-0.39, 0.29) is 23.9 Å². The molecular formula is C20H30O5. The second-order valence-electron chi connectivity index (χ2n) is 8.41. The van der Waals surface area contributed by atoms with Gasteiger partial charge in [0.2, 0.25) is 5.79 Å². The molecular weight excluding hydrogens is 320 g/mol. The average Bonchev–Trinajstić information content (AvgIpc) is 2.93. The highest BCUT2D eigenvalue weighted by Gasteiger charge is 2.55. The number of carbonyl (C=O) groups is 2. The van der Waals surface area contributed by atoms with Crippen LogP contribution in [-0.4, -0.2) is 29.9 Å². The third-order valence-electron chi connectivity index (χ3n) is 6.26. The van der Waals surface area contributed by atoms with Crippen LogP contribution in [0.5, 0.6) is 0 Å². The van der Waals surface area contributed by atoms with Gasteiger partial charge in [0.1, 0.15) is 11.9 Å². The van der Waals surface area contributed by atoms with Crippen molar-refractivity contribution in [1.29, 1.82) is 0 Å². The summed E-state index contributed by atoms with van der Waals surface area (Å²) in [6.07, 6.45) is 5.41. The first-order valence-corrected chi connectivity index (χ1v) is 9.54. The summed E-state index contributed by atoms with van der Waals surface area (Å²) in [6, 6.07) is 0. The molecule has 2 aliphatic heterocycles. The van der Waals surface area contributed by atoms with E-state index in [0.29, 0.717) is 17.8 Å². The normalized spacial score (nSPS) is 43.4. The molecule has 7 atom stereocenters. The van der Waals surface area contributed by atoms with Crippen molar-refractivity contribution < 1.29 is 23.8 Å². The van der Waals surface area contributed by atoms with Gasteiger partial charge in [0.25, 0.3) is 0 Å². The molecule has 0 amide bonds. The molecule has 0 aromatic heterocycles. The highest BCUT2D eigenvalue weighted by atomic mass is 16.8. The van der Waals surface area contributed by atoms with Crippen molar-refractivity contribution in [3.05, 3.63) is 12.2 Å². The summed E-state index contributed by atoms with van der Waals surface area (Å²) < 4.78 is 17.2. The minimum Gasteiger partial charge on any atom is -0.431 e. The summed E-state index contributed by atoms with van der Waals surface area (Å²) in [6.45, 7) is 10.1. The molecule has 0 unspecified atom stereocenters. The maximum absolute atomic E-state index is 12.5. The van der Waals surface area contributed by atoms with E-state index in [9.17, 15) is 9.59 Å². The lowest BCUT2D eigenvalue weighted by molar-refractivity contribution is -0.237. The molecule has 2 fully saturated rings. The van der Waals surface area contributed by atoms with E-state index in [2.05, 4.69) is 20.8 Å². The molecule has 25 heavy (non-hydrogen) atoms. The molecule has 140 valence electrons. The Hall–Kier alpha value is -1.36. The van der Waals surface area contributed by atoms with E-state index in [1.165, 1.54) is 6.42 Å². The standard InChI is InChI=1S/C20H30O5/c1-11(2)15-7-6-12(3)10-17(15)23-19(22)25-20-9-8-16(24-20)13(4)18(21)14(20)5/h8-9,11-17H,6-7,10H2,1-5H3/t12-,13-,14-,15+,16-,17-,20+/m1/s1. The van der Waals surface area contributed by atoms with Crippen LogP contribution >= 0.6 is 0 Å². The van der Waals surface area contributed by atoms with Crippen LogP contribution in [0, 0.1) is 29.6 Å². The molecule has 5 nitrogen and oxygen atoms in total. The van der Waals surface area contributed by atoms with E-state index >= 15 is 0 Å². The lowest BCUT2D eigenvalue weighted by Crippen LogP contribution is -2.53. The molecule has 0 aromatic rings. The number of fused-ring (bicyclic) bond motifs is 2. The second-order valence-corrected chi connectivity index (χ2v) is 8.41. The van der Waals surface area contributed by atoms with Crippen LogP contribution in [0.4, 0.5) is 4.79 Å². The Bertz CT molecular complexity index is 568. The van der Waals surface area contributed by atoms with E-state index in [0.717, 1.165) is 12.8 Å². The van der Waals surface area contributed by atoms with Crippen LogP contribution in [-0.2, 0) is 19.0 Å². The summed E-state index contributed by atoms with van der Waals surface area (Å²) in [5.41, 5.74) is 0. The smallest absolute Gasteiger partial charge is 0.431 e. The van der Waals surface area contributed by atoms with E-state index in [1.807, 2.05) is 13.0 Å². The number of Topliss-reactive ketones (excluding diaryl/α,β-unsaturated/α-hetero) is 1. The second kappa shape index (κ2) is 6.75. The number of rotatable bonds is 3. The molecule has 5 heteroatoms. The summed E-state index contributed by atoms with van der Waals surface area (Å²) in [4.78, 5) is 24.9. The summed E-state index contributed by atoms with van der Waals surface area (Å²) in [7, 11) is 0. The van der Waals surface area contributed by atoms with Crippen molar-refractivity contribution in [2.75, 3.05) is 0 Å². The van der Waals surface area contributed by atoms with Gasteiger partial charge in [-0.25, -0.2) is 4.79 Å². The third kappa shape index (κ3) is 3.35. The third-order valence-corrected chi connectivity index (χ3v) is 6.26. The Morgan fingerprint density at radius 3 is 2.68 bits per heavy atom. The number of ether oxygens (including phenoxy) is 3. The molecule has 2 bridgehead atoms. The van der Waals surface area contributed by atoms with Gasteiger partial charge in [0.15, 0.2) is 0 Å². The van der Waals surface area contributed by atoms with Gasteiger partial charge < -0.3 is 14.2 Å². The van der Waals surface area contributed by atoms with Gasteiger partial charge >= 0.3 is 6.16 Å². The molecule has 0 radical (unpaired) electrons. The predicted molar refractivity (Wildman–Crippen MR) is 92.8 cm³/mol. The molecule has 0 aromatic carbocycles. The van der Waals surface area contributed by atoms with Crippen LogP contribution in [0.25, 0.3) is 0 Å². The van der Waals surface area contributed by atoms with Gasteiger partial charge in [0, 0.05) is 5.92 Å². The van der Waals surface area contributed by atoms with Gasteiger partial charge in [-0.05, 0) is 43.6 Å². The predicted octanol–water partition coefficient (Wildman–Crippen LogP) is 4.11.